The molecule has 124 valence electrons. The topological polar surface area (TPSA) is 49.7 Å². The summed E-state index contributed by atoms with van der Waals surface area (Å²) >= 11 is 0. The molecule has 3 nitrogen and oxygen atoms in total. The van der Waals surface area contributed by atoms with E-state index in [0.717, 1.165) is 12.8 Å². The zero-order valence-electron chi connectivity index (χ0n) is 13.6. The molecular formula is C19H25O3P. The van der Waals surface area contributed by atoms with Gasteiger partial charge >= 0.3 is 8.60 Å². The van der Waals surface area contributed by atoms with Crippen molar-refractivity contribution in [2.24, 2.45) is 0 Å². The van der Waals surface area contributed by atoms with Crippen molar-refractivity contribution in [2.45, 2.75) is 45.4 Å². The van der Waals surface area contributed by atoms with E-state index < -0.39 is 8.60 Å². The quantitative estimate of drug-likeness (QED) is 0.502. The molecule has 0 aliphatic carbocycles. The summed E-state index contributed by atoms with van der Waals surface area (Å²) < 4.78 is 4.90. The molecule has 23 heavy (non-hydrogen) atoms. The predicted molar refractivity (Wildman–Crippen MR) is 95.5 cm³/mol. The lowest BCUT2D eigenvalue weighted by molar-refractivity contribution is 0.375. The predicted octanol–water partition coefficient (Wildman–Crippen LogP) is 4.99. The van der Waals surface area contributed by atoms with Crippen LogP contribution < -0.4 is 4.52 Å². The Morgan fingerprint density at radius 2 is 1.57 bits per heavy atom. The number of hydrogen-bond acceptors (Lipinski definition) is 3. The number of aryl methyl sites for hydroxylation is 1. The van der Waals surface area contributed by atoms with E-state index in [1.165, 1.54) is 42.4 Å². The minimum atomic E-state index is -2.35. The molecule has 2 aromatic carbocycles. The molecule has 2 N–H and O–H groups in total. The highest BCUT2D eigenvalue weighted by Gasteiger charge is 2.05. The first-order chi connectivity index (χ1) is 11.2. The van der Waals surface area contributed by atoms with Gasteiger partial charge in [0.25, 0.3) is 0 Å². The molecule has 0 unspecified atom stereocenters. The molecule has 0 aliphatic heterocycles. The van der Waals surface area contributed by atoms with Gasteiger partial charge in [0, 0.05) is 0 Å². The summed E-state index contributed by atoms with van der Waals surface area (Å²) in [7, 11) is -2.35. The molecule has 0 aliphatic rings. The van der Waals surface area contributed by atoms with E-state index in [4.69, 9.17) is 14.3 Å². The molecule has 0 spiro atoms. The molecule has 0 bridgehead atoms. The van der Waals surface area contributed by atoms with Gasteiger partial charge < -0.3 is 14.3 Å². The Labute approximate surface area is 140 Å². The van der Waals surface area contributed by atoms with Crippen LogP contribution in [-0.4, -0.2) is 9.79 Å². The summed E-state index contributed by atoms with van der Waals surface area (Å²) in [5, 5.41) is 0. The summed E-state index contributed by atoms with van der Waals surface area (Å²) in [5.74, 6) is 0.484. The van der Waals surface area contributed by atoms with Crippen LogP contribution in [-0.2, 0) is 12.8 Å². The molecule has 0 aromatic heterocycles. The lowest BCUT2D eigenvalue weighted by atomic mass is 9.96. The van der Waals surface area contributed by atoms with E-state index in [1.54, 1.807) is 12.1 Å². The summed E-state index contributed by atoms with van der Waals surface area (Å²) in [5.41, 5.74) is 3.99. The normalized spacial score (nSPS) is 11.0. The van der Waals surface area contributed by atoms with Gasteiger partial charge in [0.1, 0.15) is 5.75 Å². The third kappa shape index (κ3) is 6.31. The Balaban J connectivity index is 1.99. The number of benzene rings is 2. The summed E-state index contributed by atoms with van der Waals surface area (Å²) in [6, 6.07) is 16.1. The second-order valence-electron chi connectivity index (χ2n) is 5.74. The number of hydrogen-bond donors (Lipinski definition) is 2. The van der Waals surface area contributed by atoms with Crippen LogP contribution >= 0.6 is 8.60 Å². The van der Waals surface area contributed by atoms with Crippen molar-refractivity contribution in [1.29, 1.82) is 0 Å². The molecule has 0 radical (unpaired) electrons. The van der Waals surface area contributed by atoms with Crippen molar-refractivity contribution < 1.29 is 14.3 Å². The van der Waals surface area contributed by atoms with Gasteiger partial charge in [-0.25, -0.2) is 0 Å². The van der Waals surface area contributed by atoms with Gasteiger partial charge in [0.2, 0.25) is 0 Å². The molecule has 0 saturated heterocycles. The van der Waals surface area contributed by atoms with Crippen LogP contribution in [0.15, 0.2) is 48.5 Å². The Morgan fingerprint density at radius 3 is 2.22 bits per heavy atom. The highest BCUT2D eigenvalue weighted by Crippen LogP contribution is 2.29. The summed E-state index contributed by atoms with van der Waals surface area (Å²) in [4.78, 5) is 17.7. The van der Waals surface area contributed by atoms with Crippen LogP contribution in [0.4, 0.5) is 0 Å². The van der Waals surface area contributed by atoms with E-state index in [1.807, 2.05) is 12.1 Å². The minimum absolute atomic E-state index is 0.484. The number of unbranched alkanes of at least 4 members (excludes halogenated alkanes) is 3. The van der Waals surface area contributed by atoms with Crippen LogP contribution in [0.1, 0.15) is 49.3 Å². The first kappa shape index (κ1) is 17.9. The second kappa shape index (κ2) is 9.67. The van der Waals surface area contributed by atoms with Gasteiger partial charge in [-0.05, 0) is 48.1 Å². The first-order valence-electron chi connectivity index (χ1n) is 8.20. The average molecular weight is 332 g/mol. The van der Waals surface area contributed by atoms with Crippen LogP contribution in [0.2, 0.25) is 0 Å². The van der Waals surface area contributed by atoms with Crippen molar-refractivity contribution in [3.63, 3.8) is 0 Å². The minimum Gasteiger partial charge on any atom is -0.427 e. The molecule has 0 atom stereocenters. The average Bonchev–Trinajstić information content (AvgIpc) is 2.54. The standard InChI is InChI=1S/C19H25O3P/c1-2-3-4-5-8-17-9-6-7-10-18(17)15-16-11-13-19(14-12-16)22-23(20)21/h6-7,9-14,20-21H,2-5,8,15H2,1H3. The lowest BCUT2D eigenvalue weighted by Gasteiger charge is -2.11. The van der Waals surface area contributed by atoms with Gasteiger partial charge in [-0.3, -0.25) is 0 Å². The maximum Gasteiger partial charge on any atom is 0.391 e. The van der Waals surface area contributed by atoms with Crippen molar-refractivity contribution in [2.75, 3.05) is 0 Å². The van der Waals surface area contributed by atoms with Gasteiger partial charge in [0.05, 0.1) is 0 Å². The smallest absolute Gasteiger partial charge is 0.391 e. The molecule has 0 amide bonds. The van der Waals surface area contributed by atoms with Crippen molar-refractivity contribution in [1.82, 2.24) is 0 Å². The van der Waals surface area contributed by atoms with Crippen molar-refractivity contribution in [3.8, 4) is 5.75 Å². The zero-order chi connectivity index (χ0) is 16.5. The van der Waals surface area contributed by atoms with Crippen LogP contribution in [0.5, 0.6) is 5.75 Å². The van der Waals surface area contributed by atoms with E-state index in [0.29, 0.717) is 5.75 Å². The molecule has 0 saturated carbocycles. The highest BCUT2D eigenvalue weighted by molar-refractivity contribution is 7.39. The van der Waals surface area contributed by atoms with E-state index >= 15 is 0 Å². The van der Waals surface area contributed by atoms with Gasteiger partial charge in [0.15, 0.2) is 0 Å². The van der Waals surface area contributed by atoms with E-state index in [2.05, 4.69) is 31.2 Å². The molecule has 2 rings (SSSR count). The molecular weight excluding hydrogens is 307 g/mol. The number of rotatable bonds is 9. The summed E-state index contributed by atoms with van der Waals surface area (Å²) in [6.07, 6.45) is 7.13. The fraction of sp³-hybridized carbons (Fsp3) is 0.368. The third-order valence-corrected chi connectivity index (χ3v) is 4.30. The van der Waals surface area contributed by atoms with Gasteiger partial charge in [-0.2, -0.15) is 0 Å². The van der Waals surface area contributed by atoms with E-state index in [9.17, 15) is 0 Å². The van der Waals surface area contributed by atoms with Crippen LogP contribution in [0.25, 0.3) is 0 Å². The lowest BCUT2D eigenvalue weighted by Crippen LogP contribution is -1.96. The first-order valence-corrected chi connectivity index (χ1v) is 9.37. The largest absolute Gasteiger partial charge is 0.427 e. The highest BCUT2D eigenvalue weighted by atomic mass is 31.2. The zero-order valence-corrected chi connectivity index (χ0v) is 14.5. The van der Waals surface area contributed by atoms with Gasteiger partial charge in [-0.1, -0.05) is 62.6 Å². The SMILES string of the molecule is CCCCCCc1ccccc1Cc1ccc(OP(O)O)cc1. The maximum atomic E-state index is 8.87. The fourth-order valence-electron chi connectivity index (χ4n) is 2.70. The molecule has 4 heteroatoms. The van der Waals surface area contributed by atoms with Crippen LogP contribution in [0.3, 0.4) is 0 Å². The molecule has 0 fully saturated rings. The second-order valence-corrected chi connectivity index (χ2v) is 6.43. The molecule has 0 heterocycles. The van der Waals surface area contributed by atoms with Crippen LogP contribution in [0, 0.1) is 0 Å². The maximum absolute atomic E-state index is 8.87. The van der Waals surface area contributed by atoms with Gasteiger partial charge in [-0.15, -0.1) is 0 Å². The monoisotopic (exact) mass is 332 g/mol. The van der Waals surface area contributed by atoms with Crippen molar-refractivity contribution >= 4 is 8.60 Å². The fourth-order valence-corrected chi connectivity index (χ4v) is 3.01. The Kier molecular flexibility index (Phi) is 7.54. The Bertz CT molecular complexity index is 581. The summed E-state index contributed by atoms with van der Waals surface area (Å²) in [6.45, 7) is 2.23. The Hall–Kier alpha value is -1.41. The van der Waals surface area contributed by atoms with E-state index in [-0.39, 0.29) is 0 Å². The van der Waals surface area contributed by atoms with Crippen molar-refractivity contribution in [3.05, 3.63) is 65.2 Å². The molecule has 2 aromatic rings. The Morgan fingerprint density at radius 1 is 0.870 bits per heavy atom. The third-order valence-electron chi connectivity index (χ3n) is 3.92.